The second-order valence-electron chi connectivity index (χ2n) is 3.53. The second-order valence-corrected chi connectivity index (χ2v) is 3.53. The Kier molecular flexibility index (Phi) is 2.97. The highest BCUT2D eigenvalue weighted by molar-refractivity contribution is 6.01. The van der Waals surface area contributed by atoms with E-state index in [0.717, 1.165) is 24.2 Å². The van der Waals surface area contributed by atoms with Crippen molar-refractivity contribution in [3.63, 3.8) is 0 Å². The molecule has 1 aliphatic heterocycles. The Bertz CT molecular complexity index is 361. The lowest BCUT2D eigenvalue weighted by molar-refractivity contribution is 0.0866. The number of nitrogens with one attached hydrogen (secondary N) is 1. The molecule has 0 aliphatic carbocycles. The molecule has 1 atom stereocenters. The monoisotopic (exact) mass is 208 g/mol. The molecule has 0 fully saturated rings. The number of benzene rings is 1. The van der Waals surface area contributed by atoms with E-state index in [2.05, 4.69) is 10.5 Å². The van der Waals surface area contributed by atoms with Gasteiger partial charge in [-0.15, -0.1) is 0 Å². The standard InChI is InChI=1S/C11H13FN2O/c1-13-7-10-6-11(14-15-10)8-2-4-9(12)5-3-8/h2-5,10,13H,6-7H2,1H3/t10-/m1/s1. The first-order chi connectivity index (χ1) is 7.29. The van der Waals surface area contributed by atoms with E-state index in [1.54, 1.807) is 12.1 Å². The third kappa shape index (κ3) is 2.33. The van der Waals surface area contributed by atoms with Crippen LogP contribution in [0.25, 0.3) is 0 Å². The predicted octanol–water partition coefficient (Wildman–Crippen LogP) is 1.54. The molecular formula is C11H13FN2O. The number of hydrogen-bond donors (Lipinski definition) is 1. The van der Waals surface area contributed by atoms with E-state index in [-0.39, 0.29) is 11.9 Å². The van der Waals surface area contributed by atoms with Crippen LogP contribution in [-0.2, 0) is 4.84 Å². The van der Waals surface area contributed by atoms with Crippen molar-refractivity contribution in [2.75, 3.05) is 13.6 Å². The van der Waals surface area contributed by atoms with E-state index < -0.39 is 0 Å². The van der Waals surface area contributed by atoms with Gasteiger partial charge in [0.05, 0.1) is 5.71 Å². The molecule has 0 bridgehead atoms. The minimum atomic E-state index is -0.231. The van der Waals surface area contributed by atoms with Crippen molar-refractivity contribution in [3.8, 4) is 0 Å². The lowest BCUT2D eigenvalue weighted by atomic mass is 10.1. The Labute approximate surface area is 87.9 Å². The first-order valence-corrected chi connectivity index (χ1v) is 4.93. The summed E-state index contributed by atoms with van der Waals surface area (Å²) in [4.78, 5) is 5.22. The summed E-state index contributed by atoms with van der Waals surface area (Å²) >= 11 is 0. The number of likely N-dealkylation sites (N-methyl/N-ethyl adjacent to an activating group) is 1. The molecule has 1 aliphatic rings. The number of rotatable bonds is 3. The molecule has 0 radical (unpaired) electrons. The van der Waals surface area contributed by atoms with E-state index in [1.807, 2.05) is 7.05 Å². The second kappa shape index (κ2) is 4.40. The Balaban J connectivity index is 2.04. The third-order valence-corrected chi connectivity index (χ3v) is 2.34. The molecule has 15 heavy (non-hydrogen) atoms. The molecule has 3 nitrogen and oxygen atoms in total. The zero-order valence-corrected chi connectivity index (χ0v) is 8.53. The fourth-order valence-corrected chi connectivity index (χ4v) is 1.58. The van der Waals surface area contributed by atoms with E-state index in [9.17, 15) is 4.39 Å². The topological polar surface area (TPSA) is 33.6 Å². The molecule has 1 aromatic carbocycles. The van der Waals surface area contributed by atoms with Gasteiger partial charge in [0.1, 0.15) is 11.9 Å². The summed E-state index contributed by atoms with van der Waals surface area (Å²) in [6.45, 7) is 0.772. The van der Waals surface area contributed by atoms with E-state index in [0.29, 0.717) is 0 Å². The average Bonchev–Trinajstić information content (AvgIpc) is 2.68. The molecule has 0 spiro atoms. The number of nitrogens with zero attached hydrogens (tertiary/aromatic N) is 1. The highest BCUT2D eigenvalue weighted by atomic mass is 19.1. The highest BCUT2D eigenvalue weighted by Crippen LogP contribution is 2.16. The predicted molar refractivity (Wildman–Crippen MR) is 56.4 cm³/mol. The van der Waals surface area contributed by atoms with Gasteiger partial charge in [0.15, 0.2) is 0 Å². The normalized spacial score (nSPS) is 19.9. The first kappa shape index (κ1) is 10.1. The zero-order valence-electron chi connectivity index (χ0n) is 8.53. The van der Waals surface area contributed by atoms with Crippen molar-refractivity contribution < 1.29 is 9.23 Å². The lowest BCUT2D eigenvalue weighted by Gasteiger charge is -2.05. The summed E-state index contributed by atoms with van der Waals surface area (Å²) in [5, 5.41) is 7.02. The van der Waals surface area contributed by atoms with Crippen molar-refractivity contribution in [1.82, 2.24) is 5.32 Å². The minimum absolute atomic E-state index is 0.0926. The molecule has 0 saturated carbocycles. The smallest absolute Gasteiger partial charge is 0.145 e. The van der Waals surface area contributed by atoms with E-state index in [4.69, 9.17) is 4.84 Å². The maximum Gasteiger partial charge on any atom is 0.145 e. The van der Waals surface area contributed by atoms with Gasteiger partial charge in [0.25, 0.3) is 0 Å². The van der Waals surface area contributed by atoms with Gasteiger partial charge in [0, 0.05) is 13.0 Å². The molecule has 80 valence electrons. The summed E-state index contributed by atoms with van der Waals surface area (Å²) in [6, 6.07) is 6.31. The molecule has 0 unspecified atom stereocenters. The van der Waals surface area contributed by atoms with Gasteiger partial charge < -0.3 is 10.2 Å². The quantitative estimate of drug-likeness (QED) is 0.817. The van der Waals surface area contributed by atoms with Gasteiger partial charge in [-0.25, -0.2) is 4.39 Å². The molecule has 4 heteroatoms. The van der Waals surface area contributed by atoms with E-state index >= 15 is 0 Å². The Hall–Kier alpha value is -1.42. The van der Waals surface area contributed by atoms with Gasteiger partial charge >= 0.3 is 0 Å². The van der Waals surface area contributed by atoms with Gasteiger partial charge in [-0.1, -0.05) is 17.3 Å². The molecule has 0 aromatic heterocycles. The summed E-state index contributed by atoms with van der Waals surface area (Å²) in [5.74, 6) is -0.231. The minimum Gasteiger partial charge on any atom is -0.390 e. The number of oxime groups is 1. The van der Waals surface area contributed by atoms with E-state index in [1.165, 1.54) is 12.1 Å². The Morgan fingerprint density at radius 3 is 2.87 bits per heavy atom. The maximum absolute atomic E-state index is 12.7. The zero-order chi connectivity index (χ0) is 10.7. The van der Waals surface area contributed by atoms with Crippen molar-refractivity contribution in [3.05, 3.63) is 35.6 Å². The number of halogens is 1. The fraction of sp³-hybridized carbons (Fsp3) is 0.364. The van der Waals surface area contributed by atoms with Gasteiger partial charge in [-0.2, -0.15) is 0 Å². The molecule has 1 heterocycles. The lowest BCUT2D eigenvalue weighted by Crippen LogP contribution is -2.23. The molecule has 0 saturated heterocycles. The van der Waals surface area contributed by atoms with Gasteiger partial charge in [-0.3, -0.25) is 0 Å². The molecule has 1 N–H and O–H groups in total. The average molecular weight is 208 g/mol. The highest BCUT2D eigenvalue weighted by Gasteiger charge is 2.21. The van der Waals surface area contributed by atoms with Crippen molar-refractivity contribution in [2.24, 2.45) is 5.16 Å². The maximum atomic E-state index is 12.7. The Morgan fingerprint density at radius 2 is 2.20 bits per heavy atom. The van der Waals surface area contributed by atoms with Crippen molar-refractivity contribution >= 4 is 5.71 Å². The summed E-state index contributed by atoms with van der Waals surface area (Å²) in [5.41, 5.74) is 1.81. The Morgan fingerprint density at radius 1 is 1.47 bits per heavy atom. The first-order valence-electron chi connectivity index (χ1n) is 4.93. The van der Waals surface area contributed by atoms with Crippen LogP contribution >= 0.6 is 0 Å². The van der Waals surface area contributed by atoms with Crippen LogP contribution in [0.15, 0.2) is 29.4 Å². The van der Waals surface area contributed by atoms with Crippen LogP contribution < -0.4 is 5.32 Å². The van der Waals surface area contributed by atoms with Crippen LogP contribution in [0.5, 0.6) is 0 Å². The van der Waals surface area contributed by atoms with Gasteiger partial charge in [-0.05, 0) is 24.7 Å². The van der Waals surface area contributed by atoms with Crippen LogP contribution in [0.3, 0.4) is 0 Å². The van der Waals surface area contributed by atoms with Crippen molar-refractivity contribution in [2.45, 2.75) is 12.5 Å². The molecule has 1 aromatic rings. The SMILES string of the molecule is CNC[C@H]1CC(c2ccc(F)cc2)=NO1. The van der Waals surface area contributed by atoms with Crippen LogP contribution in [0, 0.1) is 5.82 Å². The third-order valence-electron chi connectivity index (χ3n) is 2.34. The van der Waals surface area contributed by atoms with Crippen LogP contribution in [0.1, 0.15) is 12.0 Å². The van der Waals surface area contributed by atoms with Gasteiger partial charge in [0.2, 0.25) is 0 Å². The van der Waals surface area contributed by atoms with Crippen LogP contribution in [0.4, 0.5) is 4.39 Å². The van der Waals surface area contributed by atoms with Crippen LogP contribution in [0.2, 0.25) is 0 Å². The molecule has 2 rings (SSSR count). The fourth-order valence-electron chi connectivity index (χ4n) is 1.58. The summed E-state index contributed by atoms with van der Waals surface area (Å²) in [6.07, 6.45) is 0.863. The summed E-state index contributed by atoms with van der Waals surface area (Å²) < 4.78 is 12.7. The number of hydrogen-bond acceptors (Lipinski definition) is 3. The summed E-state index contributed by atoms with van der Waals surface area (Å²) in [7, 11) is 1.87. The molecule has 0 amide bonds. The molecular weight excluding hydrogens is 195 g/mol. The van der Waals surface area contributed by atoms with Crippen molar-refractivity contribution in [1.29, 1.82) is 0 Å². The largest absolute Gasteiger partial charge is 0.390 e. The van der Waals surface area contributed by atoms with Crippen LogP contribution in [-0.4, -0.2) is 25.4 Å².